The molecule has 0 aromatic heterocycles. The first-order valence-corrected chi connectivity index (χ1v) is 4.70. The molecule has 0 aliphatic carbocycles. The lowest BCUT2D eigenvalue weighted by Gasteiger charge is -2.15. The summed E-state index contributed by atoms with van der Waals surface area (Å²) in [5.74, 6) is -3.27. The number of aliphatic imine (C=N–C) groups is 1. The lowest BCUT2D eigenvalue weighted by Crippen LogP contribution is -2.17. The van der Waals surface area contributed by atoms with Crippen LogP contribution >= 0.6 is 0 Å². The third-order valence-corrected chi connectivity index (χ3v) is 2.47. The molecule has 1 aromatic carbocycles. The molecule has 84 valence electrons. The maximum Gasteiger partial charge on any atom is 0.202 e. The third-order valence-electron chi connectivity index (χ3n) is 2.47. The van der Waals surface area contributed by atoms with Crippen LogP contribution in [0.2, 0.25) is 0 Å². The van der Waals surface area contributed by atoms with Gasteiger partial charge in [-0.15, -0.1) is 0 Å². The van der Waals surface area contributed by atoms with E-state index in [4.69, 9.17) is 0 Å². The maximum absolute atomic E-state index is 13.5. The van der Waals surface area contributed by atoms with E-state index in [1.165, 1.54) is 19.4 Å². The highest BCUT2D eigenvalue weighted by molar-refractivity contribution is 6.12. The molecule has 1 heterocycles. The number of ether oxygens (including phenoxy) is 1. The lowest BCUT2D eigenvalue weighted by molar-refractivity contribution is 0.0961. The summed E-state index contributed by atoms with van der Waals surface area (Å²) in [5, 5.41) is 0. The number of carbonyl (C=O) groups excluding carboxylic acids is 1. The number of hydrogen-bond donors (Lipinski definition) is 0. The van der Waals surface area contributed by atoms with Crippen molar-refractivity contribution in [1.29, 1.82) is 0 Å². The van der Waals surface area contributed by atoms with Gasteiger partial charge in [-0.25, -0.2) is 4.39 Å². The monoisotopic (exact) mass is 225 g/mol. The summed E-state index contributed by atoms with van der Waals surface area (Å²) in [5.41, 5.74) is -0.188. The van der Waals surface area contributed by atoms with Crippen molar-refractivity contribution < 1.29 is 18.3 Å². The van der Waals surface area contributed by atoms with Crippen LogP contribution in [-0.4, -0.2) is 19.1 Å². The Morgan fingerprint density at radius 2 is 2.06 bits per heavy atom. The highest BCUT2D eigenvalue weighted by Crippen LogP contribution is 2.35. The number of benzene rings is 1. The van der Waals surface area contributed by atoms with E-state index in [0.29, 0.717) is 0 Å². The second kappa shape index (κ2) is 3.66. The number of carbonyl (C=O) groups is 1. The van der Waals surface area contributed by atoms with Crippen LogP contribution in [0.15, 0.2) is 11.1 Å². The smallest absolute Gasteiger partial charge is 0.202 e. The van der Waals surface area contributed by atoms with Gasteiger partial charge in [0.2, 0.25) is 5.82 Å². The van der Waals surface area contributed by atoms with Crippen LogP contribution in [0.5, 0.6) is 5.75 Å². The number of hydrogen-bond acceptors (Lipinski definition) is 3. The molecule has 0 radical (unpaired) electrons. The Balaban J connectivity index is 2.71. The first-order chi connectivity index (χ1) is 7.56. The van der Waals surface area contributed by atoms with E-state index in [1.807, 2.05) is 0 Å². The third kappa shape index (κ3) is 1.39. The lowest BCUT2D eigenvalue weighted by atomic mass is 9.95. The molecule has 1 aliphatic heterocycles. The molecule has 0 spiro atoms. The van der Waals surface area contributed by atoms with Gasteiger partial charge in [0, 0.05) is 6.21 Å². The van der Waals surface area contributed by atoms with Crippen LogP contribution in [0, 0.1) is 17.6 Å². The second-order valence-electron chi connectivity index (χ2n) is 3.53. The Kier molecular flexibility index (Phi) is 2.46. The number of Topliss-reactive ketones (excluding diaryl/α,β-unsaturated/α-hetero) is 1. The molecule has 3 nitrogen and oxygen atoms in total. The van der Waals surface area contributed by atoms with Gasteiger partial charge < -0.3 is 4.74 Å². The minimum Gasteiger partial charge on any atom is -0.494 e. The highest BCUT2D eigenvalue weighted by Gasteiger charge is 2.27. The summed E-state index contributed by atoms with van der Waals surface area (Å²) < 4.78 is 31.5. The molecule has 2 rings (SSSR count). The number of fused-ring (bicyclic) bond motifs is 1. The van der Waals surface area contributed by atoms with Gasteiger partial charge in [0.05, 0.1) is 18.6 Å². The Labute approximate surface area is 90.8 Å². The number of rotatable bonds is 1. The molecule has 0 saturated heterocycles. The van der Waals surface area contributed by atoms with Crippen molar-refractivity contribution in [2.24, 2.45) is 10.9 Å². The predicted octanol–water partition coefficient (Wildman–Crippen LogP) is 2.51. The summed E-state index contributed by atoms with van der Waals surface area (Å²) in [6.07, 6.45) is 1.31. The van der Waals surface area contributed by atoms with Crippen LogP contribution in [0.1, 0.15) is 17.3 Å². The van der Waals surface area contributed by atoms with Gasteiger partial charge >= 0.3 is 0 Å². The standard InChI is InChI=1S/C11H9F2NO2/c1-5-4-14-10-6(11(5)15)3-7(16-2)8(12)9(10)13/h3-5H,1-2H3. The molecule has 0 saturated carbocycles. The van der Waals surface area contributed by atoms with Crippen molar-refractivity contribution in [2.75, 3.05) is 7.11 Å². The molecule has 0 N–H and O–H groups in total. The fraction of sp³-hybridized carbons (Fsp3) is 0.273. The first kappa shape index (κ1) is 10.7. The molecule has 1 aliphatic rings. The van der Waals surface area contributed by atoms with Crippen LogP contribution < -0.4 is 4.74 Å². The van der Waals surface area contributed by atoms with Crippen molar-refractivity contribution in [3.63, 3.8) is 0 Å². The van der Waals surface area contributed by atoms with E-state index in [9.17, 15) is 13.6 Å². The summed E-state index contributed by atoms with van der Waals surface area (Å²) in [4.78, 5) is 15.5. The van der Waals surface area contributed by atoms with Crippen LogP contribution in [-0.2, 0) is 0 Å². The predicted molar refractivity (Wildman–Crippen MR) is 54.6 cm³/mol. The molecule has 0 amide bonds. The average Bonchev–Trinajstić information content (AvgIpc) is 2.28. The van der Waals surface area contributed by atoms with Crippen molar-refractivity contribution in [3.05, 3.63) is 23.3 Å². The van der Waals surface area contributed by atoms with E-state index >= 15 is 0 Å². The molecular formula is C11H9F2NO2. The summed E-state index contributed by atoms with van der Waals surface area (Å²) in [6.45, 7) is 1.64. The number of nitrogens with zero attached hydrogens (tertiary/aromatic N) is 1. The van der Waals surface area contributed by atoms with E-state index in [2.05, 4.69) is 9.73 Å². The van der Waals surface area contributed by atoms with Crippen molar-refractivity contribution >= 4 is 17.7 Å². The average molecular weight is 225 g/mol. The first-order valence-electron chi connectivity index (χ1n) is 4.70. The Bertz CT molecular complexity index is 497. The zero-order chi connectivity index (χ0) is 11.9. The Morgan fingerprint density at radius 3 is 2.69 bits per heavy atom. The van der Waals surface area contributed by atoms with Gasteiger partial charge in [0.1, 0.15) is 5.69 Å². The maximum atomic E-state index is 13.5. The SMILES string of the molecule is COc1cc2c(c(F)c1F)N=CC(C)C2=O. The summed E-state index contributed by atoms with van der Waals surface area (Å²) in [6, 6.07) is 1.18. The fourth-order valence-corrected chi connectivity index (χ4v) is 1.56. The van der Waals surface area contributed by atoms with E-state index < -0.39 is 17.6 Å². The van der Waals surface area contributed by atoms with Gasteiger partial charge in [-0.2, -0.15) is 4.39 Å². The minimum absolute atomic E-state index is 0.0609. The Morgan fingerprint density at radius 1 is 1.38 bits per heavy atom. The van der Waals surface area contributed by atoms with Crippen LogP contribution in [0.3, 0.4) is 0 Å². The minimum atomic E-state index is -1.15. The molecule has 1 aromatic rings. The normalized spacial score (nSPS) is 18.5. The molecular weight excluding hydrogens is 216 g/mol. The zero-order valence-electron chi connectivity index (χ0n) is 8.75. The Hall–Kier alpha value is -1.78. The summed E-state index contributed by atoms with van der Waals surface area (Å²) >= 11 is 0. The van der Waals surface area contributed by atoms with Crippen LogP contribution in [0.25, 0.3) is 0 Å². The summed E-state index contributed by atoms with van der Waals surface area (Å²) in [7, 11) is 1.21. The molecule has 0 fully saturated rings. The number of halogens is 2. The topological polar surface area (TPSA) is 38.7 Å². The molecule has 1 atom stereocenters. The number of methoxy groups -OCH3 is 1. The quantitative estimate of drug-likeness (QED) is 0.736. The number of ketones is 1. The molecule has 5 heteroatoms. The van der Waals surface area contributed by atoms with Crippen molar-refractivity contribution in [1.82, 2.24) is 0 Å². The highest BCUT2D eigenvalue weighted by atomic mass is 19.2. The molecule has 0 bridgehead atoms. The zero-order valence-corrected chi connectivity index (χ0v) is 8.75. The van der Waals surface area contributed by atoms with Gasteiger partial charge in [0.15, 0.2) is 17.3 Å². The van der Waals surface area contributed by atoms with Gasteiger partial charge in [-0.05, 0) is 6.07 Å². The largest absolute Gasteiger partial charge is 0.494 e. The fourth-order valence-electron chi connectivity index (χ4n) is 1.56. The second-order valence-corrected chi connectivity index (χ2v) is 3.53. The van der Waals surface area contributed by atoms with E-state index in [1.54, 1.807) is 6.92 Å². The van der Waals surface area contributed by atoms with Crippen molar-refractivity contribution in [3.8, 4) is 5.75 Å². The van der Waals surface area contributed by atoms with Crippen LogP contribution in [0.4, 0.5) is 14.5 Å². The van der Waals surface area contributed by atoms with Crippen molar-refractivity contribution in [2.45, 2.75) is 6.92 Å². The molecule has 1 unspecified atom stereocenters. The van der Waals surface area contributed by atoms with E-state index in [-0.39, 0.29) is 22.8 Å². The molecule has 16 heavy (non-hydrogen) atoms. The van der Waals surface area contributed by atoms with E-state index in [0.717, 1.165) is 0 Å². The van der Waals surface area contributed by atoms with Gasteiger partial charge in [0.25, 0.3) is 0 Å². The van der Waals surface area contributed by atoms with Gasteiger partial charge in [-0.3, -0.25) is 9.79 Å². The van der Waals surface area contributed by atoms with Gasteiger partial charge in [-0.1, -0.05) is 6.92 Å².